The van der Waals surface area contributed by atoms with Crippen LogP contribution in [0.15, 0.2) is 18.2 Å². The van der Waals surface area contributed by atoms with Crippen LogP contribution < -0.4 is 10.1 Å². The predicted molar refractivity (Wildman–Crippen MR) is 69.5 cm³/mol. The molecule has 0 spiro atoms. The van der Waals surface area contributed by atoms with Gasteiger partial charge in [0.25, 0.3) is 0 Å². The molecule has 0 radical (unpaired) electrons. The molecule has 18 heavy (non-hydrogen) atoms. The van der Waals surface area contributed by atoms with Gasteiger partial charge in [0.1, 0.15) is 5.75 Å². The molecule has 1 fully saturated rings. The lowest BCUT2D eigenvalue weighted by Crippen LogP contribution is -2.31. The van der Waals surface area contributed by atoms with Gasteiger partial charge in [-0.1, -0.05) is 6.07 Å². The summed E-state index contributed by atoms with van der Waals surface area (Å²) in [5.41, 5.74) is 2.60. The predicted octanol–water partition coefficient (Wildman–Crippen LogP) is 2.60. The largest absolute Gasteiger partial charge is 0.497 e. The van der Waals surface area contributed by atoms with E-state index < -0.39 is 0 Å². The van der Waals surface area contributed by atoms with Crippen molar-refractivity contribution in [3.63, 3.8) is 0 Å². The third-order valence-electron chi connectivity index (χ3n) is 3.93. The molecule has 1 aromatic carbocycles. The van der Waals surface area contributed by atoms with Crippen LogP contribution in [0.2, 0.25) is 0 Å². The van der Waals surface area contributed by atoms with Crippen LogP contribution in [0, 0.1) is 5.92 Å². The molecule has 1 atom stereocenters. The zero-order valence-corrected chi connectivity index (χ0v) is 10.7. The van der Waals surface area contributed by atoms with Gasteiger partial charge in [0.05, 0.1) is 13.2 Å². The van der Waals surface area contributed by atoms with Gasteiger partial charge in [-0.2, -0.15) is 0 Å². The van der Waals surface area contributed by atoms with E-state index in [9.17, 15) is 4.79 Å². The first-order valence-electron chi connectivity index (χ1n) is 6.75. The van der Waals surface area contributed by atoms with Crippen molar-refractivity contribution in [2.75, 3.05) is 7.11 Å². The van der Waals surface area contributed by atoms with Gasteiger partial charge < -0.3 is 10.1 Å². The molecule has 0 aromatic heterocycles. The van der Waals surface area contributed by atoms with E-state index in [-0.39, 0.29) is 17.9 Å². The maximum absolute atomic E-state index is 11.9. The number of hydrogen-bond donors (Lipinski definition) is 1. The first kappa shape index (κ1) is 11.6. The highest BCUT2D eigenvalue weighted by Gasteiger charge is 2.32. The molecule has 3 nitrogen and oxygen atoms in total. The zero-order valence-electron chi connectivity index (χ0n) is 10.7. The second kappa shape index (κ2) is 4.63. The number of benzene rings is 1. The second-order valence-corrected chi connectivity index (χ2v) is 5.29. The molecule has 3 heteroatoms. The van der Waals surface area contributed by atoms with E-state index in [0.29, 0.717) is 0 Å². The molecular weight excluding hydrogens is 226 g/mol. The Bertz CT molecular complexity index is 466. The fourth-order valence-electron chi connectivity index (χ4n) is 2.70. The Morgan fingerprint density at radius 2 is 2.17 bits per heavy atom. The zero-order chi connectivity index (χ0) is 12.5. The normalized spacial score (nSPS) is 22.2. The highest BCUT2D eigenvalue weighted by Crippen LogP contribution is 2.34. The van der Waals surface area contributed by atoms with E-state index in [1.54, 1.807) is 7.11 Å². The number of hydrogen-bond acceptors (Lipinski definition) is 2. The van der Waals surface area contributed by atoms with Gasteiger partial charge in [-0.3, -0.25) is 4.79 Å². The van der Waals surface area contributed by atoms with Crippen LogP contribution in [0.25, 0.3) is 0 Å². The van der Waals surface area contributed by atoms with E-state index in [0.717, 1.165) is 37.9 Å². The number of carbonyl (C=O) groups is 1. The van der Waals surface area contributed by atoms with Crippen LogP contribution in [-0.2, 0) is 11.2 Å². The number of ether oxygens (including phenoxy) is 1. The molecule has 3 rings (SSSR count). The molecule has 0 unspecified atom stereocenters. The topological polar surface area (TPSA) is 38.3 Å². The van der Waals surface area contributed by atoms with E-state index in [1.807, 2.05) is 6.07 Å². The van der Waals surface area contributed by atoms with Crippen LogP contribution in [0.1, 0.15) is 42.9 Å². The summed E-state index contributed by atoms with van der Waals surface area (Å²) >= 11 is 0. The summed E-state index contributed by atoms with van der Waals surface area (Å²) in [6.07, 6.45) is 5.40. The first-order valence-corrected chi connectivity index (χ1v) is 6.75. The molecular formula is C15H19NO2. The lowest BCUT2D eigenvalue weighted by atomic mass is 9.87. The quantitative estimate of drug-likeness (QED) is 0.889. The van der Waals surface area contributed by atoms with Crippen molar-refractivity contribution in [3.05, 3.63) is 29.3 Å². The van der Waals surface area contributed by atoms with Gasteiger partial charge in [-0.05, 0) is 55.4 Å². The monoisotopic (exact) mass is 245 g/mol. The minimum Gasteiger partial charge on any atom is -0.497 e. The number of methoxy groups -OCH3 is 1. The van der Waals surface area contributed by atoms with Gasteiger partial charge in [-0.25, -0.2) is 0 Å². The molecule has 0 saturated heterocycles. The Hall–Kier alpha value is -1.51. The Morgan fingerprint density at radius 3 is 2.89 bits per heavy atom. The average Bonchev–Trinajstić information content (AvgIpc) is 3.22. The van der Waals surface area contributed by atoms with Crippen molar-refractivity contribution in [2.45, 2.75) is 38.1 Å². The lowest BCUT2D eigenvalue weighted by molar-refractivity contribution is -0.123. The highest BCUT2D eigenvalue weighted by molar-refractivity contribution is 5.81. The third kappa shape index (κ3) is 2.22. The van der Waals surface area contributed by atoms with Gasteiger partial charge in [0.2, 0.25) is 5.91 Å². The smallest absolute Gasteiger partial charge is 0.223 e. The Labute approximate surface area is 108 Å². The van der Waals surface area contributed by atoms with Gasteiger partial charge >= 0.3 is 0 Å². The van der Waals surface area contributed by atoms with Crippen molar-refractivity contribution in [3.8, 4) is 5.75 Å². The summed E-state index contributed by atoms with van der Waals surface area (Å²) in [5.74, 6) is 1.43. The maximum Gasteiger partial charge on any atom is 0.223 e. The molecule has 2 aliphatic carbocycles. The molecule has 0 heterocycles. The molecule has 2 aliphatic rings. The van der Waals surface area contributed by atoms with Crippen LogP contribution in [0.5, 0.6) is 5.75 Å². The van der Waals surface area contributed by atoms with Crippen LogP contribution in [0.4, 0.5) is 0 Å². The fraction of sp³-hybridized carbons (Fsp3) is 0.533. The molecule has 1 saturated carbocycles. The van der Waals surface area contributed by atoms with Gasteiger partial charge in [0, 0.05) is 5.92 Å². The molecule has 96 valence electrons. The first-order chi connectivity index (χ1) is 8.78. The standard InChI is InChI=1S/C15H19NO2/c1-18-12-7-8-13-11(9-12)3-2-4-14(13)16-15(17)10-5-6-10/h7-10,14H,2-6H2,1H3,(H,16,17)/t14-/m0/s1. The lowest BCUT2D eigenvalue weighted by Gasteiger charge is -2.26. The summed E-state index contributed by atoms with van der Waals surface area (Å²) in [7, 11) is 1.69. The van der Waals surface area contributed by atoms with E-state index in [4.69, 9.17) is 4.74 Å². The third-order valence-corrected chi connectivity index (χ3v) is 3.93. The number of amides is 1. The minimum atomic E-state index is 0.202. The Morgan fingerprint density at radius 1 is 1.33 bits per heavy atom. The Kier molecular flexibility index (Phi) is 2.98. The number of aryl methyl sites for hydroxylation is 1. The van der Waals surface area contributed by atoms with Gasteiger partial charge in [-0.15, -0.1) is 0 Å². The van der Waals surface area contributed by atoms with Crippen LogP contribution in [-0.4, -0.2) is 13.0 Å². The Balaban J connectivity index is 1.80. The summed E-state index contributed by atoms with van der Waals surface area (Å²) in [6, 6.07) is 6.39. The SMILES string of the molecule is COc1ccc2c(c1)CCC[C@@H]2NC(=O)C1CC1. The molecule has 1 N–H and O–H groups in total. The minimum absolute atomic E-state index is 0.202. The maximum atomic E-state index is 11.9. The molecule has 1 amide bonds. The summed E-state index contributed by atoms with van der Waals surface area (Å²) in [6.45, 7) is 0. The van der Waals surface area contributed by atoms with Crippen molar-refractivity contribution in [2.24, 2.45) is 5.92 Å². The number of fused-ring (bicyclic) bond motifs is 1. The average molecular weight is 245 g/mol. The van der Waals surface area contributed by atoms with Crippen molar-refractivity contribution in [1.29, 1.82) is 0 Å². The number of carbonyl (C=O) groups excluding carboxylic acids is 1. The van der Waals surface area contributed by atoms with E-state index >= 15 is 0 Å². The summed E-state index contributed by atoms with van der Waals surface area (Å²) in [5, 5.41) is 3.19. The molecule has 0 bridgehead atoms. The number of rotatable bonds is 3. The molecule has 1 aromatic rings. The van der Waals surface area contributed by atoms with Crippen LogP contribution in [0.3, 0.4) is 0 Å². The van der Waals surface area contributed by atoms with Crippen LogP contribution >= 0.6 is 0 Å². The summed E-state index contributed by atoms with van der Waals surface area (Å²) in [4.78, 5) is 11.9. The highest BCUT2D eigenvalue weighted by atomic mass is 16.5. The number of nitrogens with one attached hydrogen (secondary N) is 1. The van der Waals surface area contributed by atoms with Gasteiger partial charge in [0.15, 0.2) is 0 Å². The molecule has 0 aliphatic heterocycles. The van der Waals surface area contributed by atoms with E-state index in [1.165, 1.54) is 11.1 Å². The van der Waals surface area contributed by atoms with Crippen molar-refractivity contribution < 1.29 is 9.53 Å². The summed E-state index contributed by atoms with van der Waals surface area (Å²) < 4.78 is 5.26. The van der Waals surface area contributed by atoms with E-state index in [2.05, 4.69) is 17.4 Å². The second-order valence-electron chi connectivity index (χ2n) is 5.29. The fourth-order valence-corrected chi connectivity index (χ4v) is 2.70. The van der Waals surface area contributed by atoms with Crippen molar-refractivity contribution >= 4 is 5.91 Å². The van der Waals surface area contributed by atoms with Crippen molar-refractivity contribution in [1.82, 2.24) is 5.32 Å².